The van der Waals surface area contributed by atoms with Crippen LogP contribution in [0.3, 0.4) is 0 Å². The maximum absolute atomic E-state index is 12.4. The number of nitrogens with zero attached hydrogens (tertiary/aromatic N) is 3. The van der Waals surface area contributed by atoms with Crippen molar-refractivity contribution in [2.24, 2.45) is 17.8 Å². The Hall–Kier alpha value is -1.61. The standard InChI is InChI=1S/C16H20N4O2.HI/c1-19-14-5-3-2-4-12(14)10-13(15(19)21)11-18-16(17)20-6-8-22-9-7-20;/h2-5,10H,6-9,11H2,1H3,(H2,17,18);1H. The number of aryl methyl sites for hydroxylation is 1. The Bertz CT molecular complexity index is 766. The minimum Gasteiger partial charge on any atom is -0.378 e. The second kappa shape index (κ2) is 7.78. The van der Waals surface area contributed by atoms with Crippen LogP contribution in [0, 0.1) is 0 Å². The molecule has 0 aliphatic carbocycles. The summed E-state index contributed by atoms with van der Waals surface area (Å²) in [5, 5.41) is 1.03. The molecule has 3 rings (SSSR count). The largest absolute Gasteiger partial charge is 0.378 e. The Labute approximate surface area is 152 Å². The normalized spacial score (nSPS) is 15.5. The molecule has 1 aliphatic heterocycles. The van der Waals surface area contributed by atoms with Gasteiger partial charge in [0.1, 0.15) is 0 Å². The fourth-order valence-corrected chi connectivity index (χ4v) is 2.66. The quantitative estimate of drug-likeness (QED) is 0.445. The Morgan fingerprint density at radius 1 is 1.30 bits per heavy atom. The molecule has 1 fully saturated rings. The van der Waals surface area contributed by atoms with E-state index in [0.29, 0.717) is 31.3 Å². The molecule has 0 saturated carbocycles. The van der Waals surface area contributed by atoms with Crippen LogP contribution in [0.15, 0.2) is 40.1 Å². The molecule has 2 heterocycles. The minimum atomic E-state index is -0.0303. The lowest BCUT2D eigenvalue weighted by Crippen LogP contribution is -2.44. The summed E-state index contributed by atoms with van der Waals surface area (Å²) in [5.41, 5.74) is 7.55. The van der Waals surface area contributed by atoms with Gasteiger partial charge < -0.3 is 19.9 Å². The number of ether oxygens (including phenoxy) is 1. The van der Waals surface area contributed by atoms with Gasteiger partial charge in [0, 0.05) is 25.7 Å². The molecule has 6 nitrogen and oxygen atoms in total. The zero-order valence-electron chi connectivity index (χ0n) is 13.1. The number of guanidine groups is 1. The SMILES string of the molecule is Cn1c(=O)c(CN=C(N)N2CCOCC2)cc2ccccc21.I. The number of aliphatic imine (C=N–C) groups is 1. The van der Waals surface area contributed by atoms with Crippen molar-refractivity contribution in [1.82, 2.24) is 9.47 Å². The van der Waals surface area contributed by atoms with Crippen LogP contribution in [-0.4, -0.2) is 41.7 Å². The lowest BCUT2D eigenvalue weighted by atomic mass is 10.1. The van der Waals surface area contributed by atoms with Gasteiger partial charge in [0.05, 0.1) is 25.3 Å². The van der Waals surface area contributed by atoms with Gasteiger partial charge in [0.25, 0.3) is 5.56 Å². The van der Waals surface area contributed by atoms with Gasteiger partial charge in [-0.15, -0.1) is 24.0 Å². The Morgan fingerprint density at radius 3 is 2.74 bits per heavy atom. The number of hydrogen-bond acceptors (Lipinski definition) is 3. The molecule has 1 aromatic heterocycles. The summed E-state index contributed by atoms with van der Waals surface area (Å²) in [6.07, 6.45) is 0. The zero-order valence-corrected chi connectivity index (χ0v) is 15.4. The van der Waals surface area contributed by atoms with Crippen LogP contribution in [-0.2, 0) is 18.3 Å². The highest BCUT2D eigenvalue weighted by molar-refractivity contribution is 14.0. The molecular formula is C16H21IN4O2. The summed E-state index contributed by atoms with van der Waals surface area (Å²) in [6.45, 7) is 3.10. The first-order valence-electron chi connectivity index (χ1n) is 7.37. The van der Waals surface area contributed by atoms with Crippen molar-refractivity contribution in [2.75, 3.05) is 26.3 Å². The Balaban J connectivity index is 0.00000192. The summed E-state index contributed by atoms with van der Waals surface area (Å²) in [4.78, 5) is 18.8. The van der Waals surface area contributed by atoms with Gasteiger partial charge in [-0.1, -0.05) is 18.2 Å². The first kappa shape index (κ1) is 17.7. The van der Waals surface area contributed by atoms with E-state index in [1.54, 1.807) is 11.6 Å². The van der Waals surface area contributed by atoms with Crippen LogP contribution in [0.5, 0.6) is 0 Å². The predicted molar refractivity (Wildman–Crippen MR) is 102 cm³/mol. The average molecular weight is 428 g/mol. The number of benzene rings is 1. The summed E-state index contributed by atoms with van der Waals surface area (Å²) < 4.78 is 6.95. The number of fused-ring (bicyclic) bond motifs is 1. The van der Waals surface area contributed by atoms with Crippen molar-refractivity contribution in [2.45, 2.75) is 6.54 Å². The number of pyridine rings is 1. The molecule has 1 aliphatic rings. The number of nitrogens with two attached hydrogens (primary N) is 1. The van der Waals surface area contributed by atoms with Crippen LogP contribution >= 0.6 is 24.0 Å². The van der Waals surface area contributed by atoms with E-state index >= 15 is 0 Å². The molecule has 0 bridgehead atoms. The Morgan fingerprint density at radius 2 is 2.00 bits per heavy atom. The van der Waals surface area contributed by atoms with Gasteiger partial charge in [-0.05, 0) is 17.5 Å². The monoisotopic (exact) mass is 428 g/mol. The van der Waals surface area contributed by atoms with E-state index in [0.717, 1.165) is 24.0 Å². The number of aromatic nitrogens is 1. The average Bonchev–Trinajstić information content (AvgIpc) is 2.57. The van der Waals surface area contributed by atoms with Gasteiger partial charge in [0.15, 0.2) is 5.96 Å². The summed E-state index contributed by atoms with van der Waals surface area (Å²) in [6, 6.07) is 9.71. The van der Waals surface area contributed by atoms with E-state index in [2.05, 4.69) is 4.99 Å². The van der Waals surface area contributed by atoms with Crippen LogP contribution < -0.4 is 11.3 Å². The zero-order chi connectivity index (χ0) is 15.5. The molecule has 0 unspecified atom stereocenters. The van der Waals surface area contributed by atoms with E-state index in [-0.39, 0.29) is 29.5 Å². The highest BCUT2D eigenvalue weighted by atomic mass is 127. The first-order valence-corrected chi connectivity index (χ1v) is 7.37. The maximum atomic E-state index is 12.4. The highest BCUT2D eigenvalue weighted by Gasteiger charge is 2.12. The van der Waals surface area contributed by atoms with E-state index < -0.39 is 0 Å². The molecule has 124 valence electrons. The van der Waals surface area contributed by atoms with E-state index in [4.69, 9.17) is 10.5 Å². The van der Waals surface area contributed by atoms with Crippen LogP contribution in [0.2, 0.25) is 0 Å². The molecule has 7 heteroatoms. The third-order valence-electron chi connectivity index (χ3n) is 3.95. The Kier molecular flexibility index (Phi) is 6.00. The minimum absolute atomic E-state index is 0. The molecule has 2 aromatic rings. The van der Waals surface area contributed by atoms with Crippen LogP contribution in [0.1, 0.15) is 5.56 Å². The van der Waals surface area contributed by atoms with Crippen LogP contribution in [0.25, 0.3) is 10.9 Å². The third kappa shape index (κ3) is 3.84. The molecule has 0 atom stereocenters. The van der Waals surface area contributed by atoms with Crippen molar-refractivity contribution in [3.05, 3.63) is 46.2 Å². The highest BCUT2D eigenvalue weighted by Crippen LogP contribution is 2.12. The number of hydrogen-bond donors (Lipinski definition) is 1. The number of halogens is 1. The number of rotatable bonds is 2. The molecule has 0 spiro atoms. The summed E-state index contributed by atoms with van der Waals surface area (Å²) >= 11 is 0. The van der Waals surface area contributed by atoms with Gasteiger partial charge in [0.2, 0.25) is 0 Å². The lowest BCUT2D eigenvalue weighted by molar-refractivity contribution is 0.0674. The third-order valence-corrected chi connectivity index (χ3v) is 3.95. The van der Waals surface area contributed by atoms with Gasteiger partial charge in [-0.2, -0.15) is 0 Å². The fourth-order valence-electron chi connectivity index (χ4n) is 2.66. The second-order valence-electron chi connectivity index (χ2n) is 5.37. The maximum Gasteiger partial charge on any atom is 0.255 e. The van der Waals surface area contributed by atoms with Crippen LogP contribution in [0.4, 0.5) is 0 Å². The molecule has 1 saturated heterocycles. The van der Waals surface area contributed by atoms with Crippen molar-refractivity contribution in [3.8, 4) is 0 Å². The van der Waals surface area contributed by atoms with Gasteiger partial charge in [-0.3, -0.25) is 4.79 Å². The van der Waals surface area contributed by atoms with Gasteiger partial charge >= 0.3 is 0 Å². The predicted octanol–water partition coefficient (Wildman–Crippen LogP) is 1.30. The second-order valence-corrected chi connectivity index (χ2v) is 5.37. The smallest absolute Gasteiger partial charge is 0.255 e. The van der Waals surface area contributed by atoms with Gasteiger partial charge in [-0.25, -0.2) is 4.99 Å². The fraction of sp³-hybridized carbons (Fsp3) is 0.375. The summed E-state index contributed by atoms with van der Waals surface area (Å²) in [7, 11) is 1.78. The molecule has 2 N–H and O–H groups in total. The van der Waals surface area contributed by atoms with Crippen molar-refractivity contribution >= 4 is 40.8 Å². The molecule has 1 aromatic carbocycles. The molecule has 0 radical (unpaired) electrons. The van der Waals surface area contributed by atoms with Crippen molar-refractivity contribution < 1.29 is 4.74 Å². The molecule has 0 amide bonds. The van der Waals surface area contributed by atoms with Crippen molar-refractivity contribution in [3.63, 3.8) is 0 Å². The first-order chi connectivity index (χ1) is 10.7. The molecular weight excluding hydrogens is 407 g/mol. The van der Waals surface area contributed by atoms with Crippen molar-refractivity contribution in [1.29, 1.82) is 0 Å². The van der Waals surface area contributed by atoms with E-state index in [1.807, 2.05) is 35.2 Å². The number of para-hydroxylation sites is 1. The number of morpholine rings is 1. The molecule has 23 heavy (non-hydrogen) atoms. The van der Waals surface area contributed by atoms with E-state index in [1.165, 1.54) is 0 Å². The topological polar surface area (TPSA) is 72.8 Å². The summed E-state index contributed by atoms with van der Waals surface area (Å²) in [5.74, 6) is 0.471. The lowest BCUT2D eigenvalue weighted by Gasteiger charge is -2.27. The van der Waals surface area contributed by atoms with E-state index in [9.17, 15) is 4.79 Å².